The quantitative estimate of drug-likeness (QED) is 0.756. The summed E-state index contributed by atoms with van der Waals surface area (Å²) in [5.74, 6) is 1.11. The summed E-state index contributed by atoms with van der Waals surface area (Å²) in [7, 11) is 0. The van der Waals surface area contributed by atoms with E-state index in [4.69, 9.17) is 5.73 Å². The lowest BCUT2D eigenvalue weighted by atomic mass is 10.2. The second-order valence-corrected chi connectivity index (χ2v) is 6.11. The maximum Gasteiger partial charge on any atom is 0.224 e. The lowest BCUT2D eigenvalue weighted by molar-refractivity contribution is 0.284. The largest absolute Gasteiger partial charge is 0.368 e. The van der Waals surface area contributed by atoms with E-state index in [1.165, 1.54) is 5.56 Å². The highest BCUT2D eigenvalue weighted by atomic mass is 15.3. The Bertz CT molecular complexity index is 864. The highest BCUT2D eigenvalue weighted by Gasteiger charge is 2.20. The van der Waals surface area contributed by atoms with Crippen molar-refractivity contribution in [3.05, 3.63) is 48.3 Å². The molecule has 128 valence electrons. The molecule has 1 aliphatic heterocycles. The van der Waals surface area contributed by atoms with Crippen molar-refractivity contribution < 1.29 is 0 Å². The third-order valence-electron chi connectivity index (χ3n) is 4.43. The number of rotatable bonds is 4. The maximum absolute atomic E-state index is 5.82. The van der Waals surface area contributed by atoms with Gasteiger partial charge in [-0.15, -0.1) is 0 Å². The Labute approximate surface area is 146 Å². The van der Waals surface area contributed by atoms with Gasteiger partial charge in [-0.1, -0.05) is 42.5 Å². The van der Waals surface area contributed by atoms with E-state index in [-0.39, 0.29) is 5.95 Å². The van der Waals surface area contributed by atoms with E-state index in [0.29, 0.717) is 5.65 Å². The Hall–Kier alpha value is -2.93. The standard InChI is InChI=1S/C18H21N7/c19-18-22-16-15(20-13-21-16)17(23-18)25-11-9-24(10-12-25)8-4-7-14-5-2-1-3-6-14/h1-7,13H,8-12H2,(H3,19,20,21,22,23). The van der Waals surface area contributed by atoms with Crippen molar-refractivity contribution in [1.82, 2.24) is 24.8 Å². The Morgan fingerprint density at radius 2 is 1.88 bits per heavy atom. The maximum atomic E-state index is 5.82. The van der Waals surface area contributed by atoms with E-state index < -0.39 is 0 Å². The first-order chi connectivity index (χ1) is 12.3. The Morgan fingerprint density at radius 3 is 2.68 bits per heavy atom. The van der Waals surface area contributed by atoms with Gasteiger partial charge < -0.3 is 15.6 Å². The highest BCUT2D eigenvalue weighted by Crippen LogP contribution is 2.22. The van der Waals surface area contributed by atoms with Crippen molar-refractivity contribution in [2.24, 2.45) is 0 Å². The van der Waals surface area contributed by atoms with Crippen LogP contribution in [0.5, 0.6) is 0 Å². The van der Waals surface area contributed by atoms with Gasteiger partial charge >= 0.3 is 0 Å². The molecule has 2 aromatic heterocycles. The first-order valence-corrected chi connectivity index (χ1v) is 8.45. The lowest BCUT2D eigenvalue weighted by Gasteiger charge is -2.34. The number of H-pyrrole nitrogens is 1. The van der Waals surface area contributed by atoms with Gasteiger partial charge in [-0.3, -0.25) is 4.90 Å². The van der Waals surface area contributed by atoms with Crippen LogP contribution in [0.15, 0.2) is 42.7 Å². The Balaban J connectivity index is 1.38. The van der Waals surface area contributed by atoms with Crippen molar-refractivity contribution in [3.63, 3.8) is 0 Å². The number of nitrogens with one attached hydrogen (secondary N) is 1. The van der Waals surface area contributed by atoms with Crippen molar-refractivity contribution >= 4 is 29.0 Å². The van der Waals surface area contributed by atoms with Crippen LogP contribution in [0.25, 0.3) is 17.2 Å². The number of benzene rings is 1. The van der Waals surface area contributed by atoms with Crippen LogP contribution < -0.4 is 10.6 Å². The molecule has 3 aromatic rings. The minimum Gasteiger partial charge on any atom is -0.368 e. The van der Waals surface area contributed by atoms with E-state index in [0.717, 1.165) is 44.1 Å². The van der Waals surface area contributed by atoms with Crippen LogP contribution in [-0.2, 0) is 0 Å². The summed E-state index contributed by atoms with van der Waals surface area (Å²) in [4.78, 5) is 20.6. The number of fused-ring (bicyclic) bond motifs is 1. The first kappa shape index (κ1) is 15.6. The van der Waals surface area contributed by atoms with Gasteiger partial charge in [-0.25, -0.2) is 4.98 Å². The zero-order valence-electron chi connectivity index (χ0n) is 14.0. The van der Waals surface area contributed by atoms with Crippen molar-refractivity contribution in [1.29, 1.82) is 0 Å². The molecular weight excluding hydrogens is 314 g/mol. The average Bonchev–Trinajstić information content (AvgIpc) is 3.11. The number of aromatic amines is 1. The predicted octanol–water partition coefficient (Wildman–Crippen LogP) is 1.77. The van der Waals surface area contributed by atoms with Crippen molar-refractivity contribution in [2.75, 3.05) is 43.4 Å². The van der Waals surface area contributed by atoms with Crippen LogP contribution in [0.1, 0.15) is 5.56 Å². The molecule has 1 aliphatic rings. The molecule has 0 atom stereocenters. The molecular formula is C18H21N7. The van der Waals surface area contributed by atoms with Gasteiger partial charge in [-0.05, 0) is 5.56 Å². The van der Waals surface area contributed by atoms with Crippen LogP contribution >= 0.6 is 0 Å². The molecule has 0 bridgehead atoms. The second-order valence-electron chi connectivity index (χ2n) is 6.11. The van der Waals surface area contributed by atoms with Gasteiger partial charge in [-0.2, -0.15) is 9.97 Å². The fraction of sp³-hybridized carbons (Fsp3) is 0.278. The third kappa shape index (κ3) is 3.46. The smallest absolute Gasteiger partial charge is 0.224 e. The molecule has 3 heterocycles. The average molecular weight is 335 g/mol. The molecule has 0 aliphatic carbocycles. The molecule has 1 saturated heterocycles. The van der Waals surface area contributed by atoms with Crippen LogP contribution in [-0.4, -0.2) is 57.6 Å². The van der Waals surface area contributed by atoms with Gasteiger partial charge in [0.05, 0.1) is 6.33 Å². The van der Waals surface area contributed by atoms with E-state index in [9.17, 15) is 0 Å². The molecule has 0 radical (unpaired) electrons. The monoisotopic (exact) mass is 335 g/mol. The summed E-state index contributed by atoms with van der Waals surface area (Å²) >= 11 is 0. The number of aromatic nitrogens is 4. The fourth-order valence-corrected chi connectivity index (χ4v) is 3.11. The lowest BCUT2D eigenvalue weighted by Crippen LogP contribution is -2.46. The Kier molecular flexibility index (Phi) is 4.30. The van der Waals surface area contributed by atoms with Gasteiger partial charge in [0.25, 0.3) is 0 Å². The van der Waals surface area contributed by atoms with Crippen LogP contribution in [0.3, 0.4) is 0 Å². The van der Waals surface area contributed by atoms with Gasteiger partial charge in [0.2, 0.25) is 5.95 Å². The zero-order valence-corrected chi connectivity index (χ0v) is 14.0. The second kappa shape index (κ2) is 6.90. The number of piperazine rings is 1. The molecule has 0 unspecified atom stereocenters. The van der Waals surface area contributed by atoms with Crippen LogP contribution in [0.4, 0.5) is 11.8 Å². The summed E-state index contributed by atoms with van der Waals surface area (Å²) in [5.41, 5.74) is 8.53. The number of anilines is 2. The summed E-state index contributed by atoms with van der Waals surface area (Å²) in [6.45, 7) is 4.74. The molecule has 4 rings (SSSR count). The van der Waals surface area contributed by atoms with E-state index >= 15 is 0 Å². The van der Waals surface area contributed by atoms with Gasteiger partial charge in [0.15, 0.2) is 11.5 Å². The fourth-order valence-electron chi connectivity index (χ4n) is 3.11. The molecule has 7 heteroatoms. The summed E-state index contributed by atoms with van der Waals surface area (Å²) < 4.78 is 0. The molecule has 3 N–H and O–H groups in total. The predicted molar refractivity (Wildman–Crippen MR) is 100 cm³/mol. The van der Waals surface area contributed by atoms with Crippen molar-refractivity contribution in [2.45, 2.75) is 0 Å². The number of imidazole rings is 1. The minimum absolute atomic E-state index is 0.267. The summed E-state index contributed by atoms with van der Waals surface area (Å²) in [5, 5.41) is 0. The minimum atomic E-state index is 0.267. The topological polar surface area (TPSA) is 87.0 Å². The number of nitrogen functional groups attached to an aromatic ring is 1. The summed E-state index contributed by atoms with van der Waals surface area (Å²) in [6, 6.07) is 10.4. The normalized spacial score (nSPS) is 16.1. The summed E-state index contributed by atoms with van der Waals surface area (Å²) in [6.07, 6.45) is 6.03. The molecule has 25 heavy (non-hydrogen) atoms. The molecule has 1 aromatic carbocycles. The van der Waals surface area contributed by atoms with E-state index in [1.807, 2.05) is 6.07 Å². The van der Waals surface area contributed by atoms with Crippen LogP contribution in [0.2, 0.25) is 0 Å². The number of hydrogen-bond donors (Lipinski definition) is 2. The highest BCUT2D eigenvalue weighted by molar-refractivity contribution is 5.84. The van der Waals surface area contributed by atoms with Gasteiger partial charge in [0.1, 0.15) is 5.52 Å². The molecule has 0 saturated carbocycles. The number of nitrogens with zero attached hydrogens (tertiary/aromatic N) is 5. The molecule has 7 nitrogen and oxygen atoms in total. The van der Waals surface area contributed by atoms with Crippen molar-refractivity contribution in [3.8, 4) is 0 Å². The SMILES string of the molecule is Nc1nc(N2CCN(CC=Cc3ccccc3)CC2)c2[nH]cnc2n1. The van der Waals surface area contributed by atoms with E-state index in [1.54, 1.807) is 6.33 Å². The van der Waals surface area contributed by atoms with E-state index in [2.05, 4.69) is 66.2 Å². The zero-order chi connectivity index (χ0) is 17.1. The van der Waals surface area contributed by atoms with Crippen LogP contribution in [0, 0.1) is 0 Å². The third-order valence-corrected chi connectivity index (χ3v) is 4.43. The number of nitrogens with two attached hydrogens (primary N) is 1. The number of hydrogen-bond acceptors (Lipinski definition) is 6. The first-order valence-electron chi connectivity index (χ1n) is 8.45. The Morgan fingerprint density at radius 1 is 1.08 bits per heavy atom. The molecule has 0 amide bonds. The molecule has 0 spiro atoms. The molecule has 1 fully saturated rings. The van der Waals surface area contributed by atoms with Gasteiger partial charge in [0, 0.05) is 32.7 Å².